The van der Waals surface area contributed by atoms with Crippen molar-refractivity contribution < 1.29 is 29.2 Å². The van der Waals surface area contributed by atoms with Gasteiger partial charge in [0.2, 0.25) is 0 Å². The molecule has 4 fully saturated rings. The summed E-state index contributed by atoms with van der Waals surface area (Å²) in [6.45, 7) is 5.78. The Balaban J connectivity index is 1.49. The normalized spacial score (nSPS) is 41.1. The summed E-state index contributed by atoms with van der Waals surface area (Å²) in [5, 5.41) is 12.2. The minimum absolute atomic E-state index is 0.0384. The molecule has 1 N–H and O–H groups in total. The Labute approximate surface area is 231 Å². The average molecular weight is 538 g/mol. The van der Waals surface area contributed by atoms with Gasteiger partial charge >= 0.3 is 5.97 Å². The van der Waals surface area contributed by atoms with Gasteiger partial charge in [0, 0.05) is 50.9 Å². The second kappa shape index (κ2) is 9.15. The fraction of sp³-hybridized carbons (Fsp3) is 0.688. The highest BCUT2D eigenvalue weighted by Gasteiger charge is 2.68. The van der Waals surface area contributed by atoms with E-state index < -0.39 is 28.2 Å². The number of anilines is 1. The van der Waals surface area contributed by atoms with E-state index in [0.29, 0.717) is 32.3 Å². The molecule has 39 heavy (non-hydrogen) atoms. The van der Waals surface area contributed by atoms with E-state index in [4.69, 9.17) is 14.5 Å². The Morgan fingerprint density at radius 1 is 1.05 bits per heavy atom. The maximum Gasteiger partial charge on any atom is 0.303 e. The summed E-state index contributed by atoms with van der Waals surface area (Å²) in [4.78, 5) is 38.9. The van der Waals surface area contributed by atoms with Crippen molar-refractivity contribution in [2.45, 2.75) is 101 Å². The molecule has 5 aliphatic rings. The fourth-order valence-corrected chi connectivity index (χ4v) is 9.47. The van der Waals surface area contributed by atoms with Crippen LogP contribution in [0.5, 0.6) is 0 Å². The maximum atomic E-state index is 13.3. The molecule has 6 rings (SSSR count). The lowest BCUT2D eigenvalue weighted by Crippen LogP contribution is -2.58. The van der Waals surface area contributed by atoms with E-state index in [9.17, 15) is 14.7 Å². The highest BCUT2D eigenvalue weighted by Crippen LogP contribution is 2.69. The van der Waals surface area contributed by atoms with Crippen molar-refractivity contribution >= 4 is 17.4 Å². The molecule has 0 amide bonds. The van der Waals surface area contributed by atoms with Crippen molar-refractivity contribution in [2.75, 3.05) is 25.6 Å². The van der Waals surface area contributed by atoms with Gasteiger partial charge in [-0.1, -0.05) is 24.6 Å². The Morgan fingerprint density at radius 3 is 2.41 bits per heavy atom. The molecule has 212 valence electrons. The van der Waals surface area contributed by atoms with E-state index in [-0.39, 0.29) is 23.5 Å². The van der Waals surface area contributed by atoms with Crippen LogP contribution in [-0.4, -0.2) is 54.4 Å². The standard InChI is InChI=1S/C32H43NO6/c1-20(34)32(38-21(2)35)15-12-26-24-10-14-31(36)19-30(16-17-37-39-30)13-11-27(31)28(24)25(18-29(26,32)3)22-6-8-23(9-7-22)33(4)5/h6-9,24-26,36H,10-19H2,1-5H3/t24-,25+,26-,29-,30?,31+,32-/m0/s1. The van der Waals surface area contributed by atoms with E-state index in [1.165, 1.54) is 23.6 Å². The molecule has 4 aliphatic carbocycles. The van der Waals surface area contributed by atoms with Crippen molar-refractivity contribution in [3.05, 3.63) is 41.0 Å². The second-order valence-electron chi connectivity index (χ2n) is 13.4. The van der Waals surface area contributed by atoms with Crippen LogP contribution in [0.1, 0.15) is 90.0 Å². The van der Waals surface area contributed by atoms with Gasteiger partial charge in [0.25, 0.3) is 0 Å². The van der Waals surface area contributed by atoms with E-state index in [1.54, 1.807) is 6.92 Å². The second-order valence-corrected chi connectivity index (χ2v) is 13.4. The molecule has 1 aromatic carbocycles. The van der Waals surface area contributed by atoms with Crippen molar-refractivity contribution in [2.24, 2.45) is 17.3 Å². The van der Waals surface area contributed by atoms with E-state index in [0.717, 1.165) is 37.8 Å². The molecule has 1 unspecified atom stereocenters. The monoisotopic (exact) mass is 537 g/mol. The summed E-state index contributed by atoms with van der Waals surface area (Å²) >= 11 is 0. The minimum atomic E-state index is -1.11. The molecule has 7 atom stereocenters. The number of carbonyl (C=O) groups is 2. The van der Waals surface area contributed by atoms with E-state index >= 15 is 0 Å². The molecule has 0 bridgehead atoms. The number of carbonyl (C=O) groups excluding carboxylic acids is 2. The highest BCUT2D eigenvalue weighted by molar-refractivity contribution is 5.89. The number of rotatable bonds is 4. The molecule has 1 aliphatic heterocycles. The van der Waals surface area contributed by atoms with Gasteiger partial charge in [-0.2, -0.15) is 0 Å². The number of ketones is 1. The van der Waals surface area contributed by atoms with Gasteiger partial charge in [0.15, 0.2) is 11.4 Å². The topological polar surface area (TPSA) is 85.3 Å². The van der Waals surface area contributed by atoms with Gasteiger partial charge < -0.3 is 14.7 Å². The van der Waals surface area contributed by atoms with Crippen molar-refractivity contribution in [3.8, 4) is 0 Å². The van der Waals surface area contributed by atoms with Gasteiger partial charge in [-0.15, -0.1) is 0 Å². The predicted molar refractivity (Wildman–Crippen MR) is 147 cm³/mol. The van der Waals surface area contributed by atoms with Crippen LogP contribution in [-0.2, 0) is 24.1 Å². The van der Waals surface area contributed by atoms with Crippen LogP contribution >= 0.6 is 0 Å². The van der Waals surface area contributed by atoms with Crippen molar-refractivity contribution in [1.82, 2.24) is 0 Å². The predicted octanol–water partition coefficient (Wildman–Crippen LogP) is 5.26. The molecular formula is C32H43NO6. The van der Waals surface area contributed by atoms with Gasteiger partial charge in [-0.25, -0.2) is 9.78 Å². The quantitative estimate of drug-likeness (QED) is 0.319. The summed E-state index contributed by atoms with van der Waals surface area (Å²) < 4.78 is 6.05. The Morgan fingerprint density at radius 2 is 1.79 bits per heavy atom. The molecule has 1 aromatic rings. The smallest absolute Gasteiger partial charge is 0.303 e. The maximum absolute atomic E-state index is 13.3. The van der Waals surface area contributed by atoms with Crippen molar-refractivity contribution in [1.29, 1.82) is 0 Å². The lowest BCUT2D eigenvalue weighted by atomic mass is 9.49. The largest absolute Gasteiger partial charge is 0.451 e. The number of aliphatic hydroxyl groups is 1. The molecule has 3 saturated carbocycles. The zero-order valence-electron chi connectivity index (χ0n) is 24.0. The highest BCUT2D eigenvalue weighted by atomic mass is 17.2. The Hall–Kier alpha value is -2.22. The van der Waals surface area contributed by atoms with Crippen LogP contribution in [0.3, 0.4) is 0 Å². The molecule has 1 saturated heterocycles. The van der Waals surface area contributed by atoms with Gasteiger partial charge in [-0.05, 0) is 87.0 Å². The first-order valence-corrected chi connectivity index (χ1v) is 14.7. The number of fused-ring (bicyclic) bond motifs is 4. The van der Waals surface area contributed by atoms with Crippen LogP contribution in [0.2, 0.25) is 0 Å². The summed E-state index contributed by atoms with van der Waals surface area (Å²) in [6.07, 6.45) is 6.69. The Kier molecular flexibility index (Phi) is 6.33. The van der Waals surface area contributed by atoms with Crippen LogP contribution < -0.4 is 4.90 Å². The number of nitrogens with zero attached hydrogens (tertiary/aromatic N) is 1. The summed E-state index contributed by atoms with van der Waals surface area (Å²) in [6, 6.07) is 8.71. The van der Waals surface area contributed by atoms with Gasteiger partial charge in [-0.3, -0.25) is 9.59 Å². The number of ether oxygens (including phenoxy) is 1. The molecule has 1 spiro atoms. The molecular weight excluding hydrogens is 494 g/mol. The third-order valence-corrected chi connectivity index (χ3v) is 11.2. The Bertz CT molecular complexity index is 1200. The molecule has 0 aromatic heterocycles. The third kappa shape index (κ3) is 3.94. The first-order valence-electron chi connectivity index (χ1n) is 14.7. The van der Waals surface area contributed by atoms with Crippen LogP contribution in [0.15, 0.2) is 35.4 Å². The van der Waals surface area contributed by atoms with E-state index in [2.05, 4.69) is 36.1 Å². The molecule has 0 radical (unpaired) electrons. The minimum Gasteiger partial charge on any atom is -0.451 e. The van der Waals surface area contributed by atoms with Crippen molar-refractivity contribution in [3.63, 3.8) is 0 Å². The summed E-state index contributed by atoms with van der Waals surface area (Å²) in [5.74, 6) is 0.0518. The fourth-order valence-electron chi connectivity index (χ4n) is 9.47. The van der Waals surface area contributed by atoms with E-state index in [1.807, 2.05) is 14.1 Å². The lowest BCUT2D eigenvalue weighted by molar-refractivity contribution is -0.321. The number of hydrogen-bond acceptors (Lipinski definition) is 7. The first-order chi connectivity index (χ1) is 18.4. The number of esters is 1. The third-order valence-electron chi connectivity index (χ3n) is 11.2. The molecule has 1 heterocycles. The summed E-state index contributed by atoms with van der Waals surface area (Å²) in [5.41, 5.74) is 1.99. The zero-order chi connectivity index (χ0) is 27.8. The number of benzene rings is 1. The van der Waals surface area contributed by atoms with Crippen LogP contribution in [0, 0.1) is 17.3 Å². The SMILES string of the molecule is CC(=O)O[C@]1(C(C)=O)CC[C@H]2[C@@H]3CC[C@@]4(O)CC5(CCOO5)CCC4=C3[C@@H](c3ccc(N(C)C)cc3)C[C@@]21C. The van der Waals surface area contributed by atoms with Crippen LogP contribution in [0.25, 0.3) is 0 Å². The average Bonchev–Trinajstić information content (AvgIpc) is 3.44. The molecule has 7 nitrogen and oxygen atoms in total. The number of hydrogen-bond donors (Lipinski definition) is 1. The molecule has 7 heteroatoms. The lowest BCUT2D eigenvalue weighted by Gasteiger charge is -2.57. The first kappa shape index (κ1) is 27.0. The summed E-state index contributed by atoms with van der Waals surface area (Å²) in [7, 11) is 4.07. The van der Waals surface area contributed by atoms with Gasteiger partial charge in [0.1, 0.15) is 5.60 Å². The zero-order valence-corrected chi connectivity index (χ0v) is 24.0. The van der Waals surface area contributed by atoms with Gasteiger partial charge in [0.05, 0.1) is 12.2 Å². The van der Waals surface area contributed by atoms with Crippen LogP contribution in [0.4, 0.5) is 5.69 Å². The number of Topliss-reactive ketones (excluding diaryl/α,β-unsaturated/α-hetero) is 1. The number of allylic oxidation sites excluding steroid dienone is 1.